The van der Waals surface area contributed by atoms with E-state index in [0.717, 1.165) is 16.7 Å². The lowest BCUT2D eigenvalue weighted by atomic mass is 10.3. The number of imidazole rings is 1. The van der Waals surface area contributed by atoms with Crippen LogP contribution in [0.15, 0.2) is 12.3 Å². The molecule has 5 heteroatoms. The van der Waals surface area contributed by atoms with Gasteiger partial charge in [-0.3, -0.25) is 4.57 Å². The predicted octanol–water partition coefficient (Wildman–Crippen LogP) is 1.36. The fourth-order valence-corrected chi connectivity index (χ4v) is 1.65. The topological polar surface area (TPSA) is 66.0 Å². The van der Waals surface area contributed by atoms with Gasteiger partial charge in [-0.15, -0.1) is 0 Å². The molecule has 0 spiro atoms. The monoisotopic (exact) mass is 220 g/mol. The Balaban J connectivity index is 2.32. The van der Waals surface area contributed by atoms with E-state index in [0.29, 0.717) is 25.7 Å². The number of aryl methyl sites for hydroxylation is 1. The summed E-state index contributed by atoms with van der Waals surface area (Å²) >= 11 is 0. The highest BCUT2D eigenvalue weighted by atomic mass is 16.5. The second-order valence-corrected chi connectivity index (χ2v) is 3.67. The molecule has 0 aliphatic heterocycles. The molecular weight excluding hydrogens is 204 g/mol. The van der Waals surface area contributed by atoms with E-state index in [2.05, 4.69) is 9.97 Å². The van der Waals surface area contributed by atoms with Crippen molar-refractivity contribution in [3.63, 3.8) is 0 Å². The van der Waals surface area contributed by atoms with Crippen molar-refractivity contribution in [3.8, 4) is 0 Å². The molecule has 2 heterocycles. The molecule has 2 rings (SSSR count). The molecule has 0 atom stereocenters. The SMILES string of the molecule is CCOCCn1c(N)nc2cc(C)cnc21. The predicted molar refractivity (Wildman–Crippen MR) is 63.2 cm³/mol. The first-order chi connectivity index (χ1) is 7.72. The van der Waals surface area contributed by atoms with Gasteiger partial charge in [0, 0.05) is 12.8 Å². The summed E-state index contributed by atoms with van der Waals surface area (Å²) in [6, 6.07) is 1.98. The van der Waals surface area contributed by atoms with Crippen LogP contribution in [0.5, 0.6) is 0 Å². The van der Waals surface area contributed by atoms with Crippen molar-refractivity contribution >= 4 is 17.1 Å². The minimum atomic E-state index is 0.493. The first kappa shape index (κ1) is 10.9. The normalized spacial score (nSPS) is 11.1. The van der Waals surface area contributed by atoms with Gasteiger partial charge in [-0.25, -0.2) is 9.97 Å². The molecule has 0 unspecified atom stereocenters. The van der Waals surface area contributed by atoms with Gasteiger partial charge in [0.15, 0.2) is 5.65 Å². The minimum Gasteiger partial charge on any atom is -0.380 e. The Morgan fingerprint density at radius 2 is 2.31 bits per heavy atom. The zero-order chi connectivity index (χ0) is 11.5. The summed E-state index contributed by atoms with van der Waals surface area (Å²) < 4.78 is 7.18. The van der Waals surface area contributed by atoms with Crippen molar-refractivity contribution in [2.45, 2.75) is 20.4 Å². The lowest BCUT2D eigenvalue weighted by Gasteiger charge is -2.05. The van der Waals surface area contributed by atoms with Crippen LogP contribution in [0.3, 0.4) is 0 Å². The van der Waals surface area contributed by atoms with Crippen molar-refractivity contribution in [2.24, 2.45) is 0 Å². The van der Waals surface area contributed by atoms with Gasteiger partial charge < -0.3 is 10.5 Å². The molecule has 0 radical (unpaired) electrons. The van der Waals surface area contributed by atoms with E-state index in [1.54, 1.807) is 0 Å². The van der Waals surface area contributed by atoms with E-state index in [4.69, 9.17) is 10.5 Å². The minimum absolute atomic E-state index is 0.493. The molecule has 0 saturated heterocycles. The number of hydrogen-bond acceptors (Lipinski definition) is 4. The summed E-state index contributed by atoms with van der Waals surface area (Å²) in [6.07, 6.45) is 1.82. The average molecular weight is 220 g/mol. The van der Waals surface area contributed by atoms with Crippen LogP contribution in [-0.4, -0.2) is 27.7 Å². The van der Waals surface area contributed by atoms with Crippen LogP contribution in [0.1, 0.15) is 12.5 Å². The number of nitrogen functional groups attached to an aromatic ring is 1. The van der Waals surface area contributed by atoms with Gasteiger partial charge in [0.05, 0.1) is 13.2 Å². The number of fused-ring (bicyclic) bond motifs is 1. The number of pyridine rings is 1. The molecule has 86 valence electrons. The first-order valence-electron chi connectivity index (χ1n) is 5.38. The van der Waals surface area contributed by atoms with E-state index in [-0.39, 0.29) is 0 Å². The van der Waals surface area contributed by atoms with Gasteiger partial charge in [0.1, 0.15) is 5.52 Å². The maximum atomic E-state index is 5.84. The molecule has 2 aromatic heterocycles. The Morgan fingerprint density at radius 1 is 1.50 bits per heavy atom. The van der Waals surface area contributed by atoms with Crippen molar-refractivity contribution in [2.75, 3.05) is 18.9 Å². The number of ether oxygens (including phenoxy) is 1. The summed E-state index contributed by atoms with van der Waals surface area (Å²) in [6.45, 7) is 5.98. The van der Waals surface area contributed by atoms with E-state index in [1.807, 2.05) is 30.7 Å². The number of rotatable bonds is 4. The summed E-state index contributed by atoms with van der Waals surface area (Å²) in [4.78, 5) is 8.62. The Morgan fingerprint density at radius 3 is 3.06 bits per heavy atom. The zero-order valence-electron chi connectivity index (χ0n) is 9.60. The van der Waals surface area contributed by atoms with Crippen LogP contribution in [0.4, 0.5) is 5.95 Å². The molecule has 0 saturated carbocycles. The van der Waals surface area contributed by atoms with E-state index < -0.39 is 0 Å². The highest BCUT2D eigenvalue weighted by Gasteiger charge is 2.08. The van der Waals surface area contributed by atoms with Crippen molar-refractivity contribution < 1.29 is 4.74 Å². The standard InChI is InChI=1S/C11H16N4O/c1-3-16-5-4-15-10-9(14-11(15)12)6-8(2)7-13-10/h6-7H,3-5H2,1-2H3,(H2,12,14). The Kier molecular flexibility index (Phi) is 3.05. The molecule has 0 fully saturated rings. The summed E-state index contributed by atoms with van der Waals surface area (Å²) in [7, 11) is 0. The third-order valence-corrected chi connectivity index (χ3v) is 2.41. The van der Waals surface area contributed by atoms with Gasteiger partial charge in [-0.05, 0) is 25.5 Å². The first-order valence-corrected chi connectivity index (χ1v) is 5.38. The van der Waals surface area contributed by atoms with Crippen LogP contribution in [0, 0.1) is 6.92 Å². The van der Waals surface area contributed by atoms with E-state index >= 15 is 0 Å². The van der Waals surface area contributed by atoms with Gasteiger partial charge in [-0.1, -0.05) is 0 Å². The number of aromatic nitrogens is 3. The number of nitrogens with zero attached hydrogens (tertiary/aromatic N) is 3. The molecule has 5 nitrogen and oxygen atoms in total. The smallest absolute Gasteiger partial charge is 0.202 e. The molecule has 0 aliphatic carbocycles. The second kappa shape index (κ2) is 4.49. The van der Waals surface area contributed by atoms with Crippen LogP contribution in [0.25, 0.3) is 11.2 Å². The highest BCUT2D eigenvalue weighted by Crippen LogP contribution is 2.16. The number of nitrogens with two attached hydrogens (primary N) is 1. The maximum Gasteiger partial charge on any atom is 0.202 e. The van der Waals surface area contributed by atoms with Crippen LogP contribution < -0.4 is 5.73 Å². The van der Waals surface area contributed by atoms with Gasteiger partial charge >= 0.3 is 0 Å². The maximum absolute atomic E-state index is 5.84. The lowest BCUT2D eigenvalue weighted by molar-refractivity contribution is 0.140. The Bertz CT molecular complexity index is 492. The quantitative estimate of drug-likeness (QED) is 0.790. The number of hydrogen-bond donors (Lipinski definition) is 1. The fourth-order valence-electron chi connectivity index (χ4n) is 1.65. The summed E-state index contributed by atoms with van der Waals surface area (Å²) in [5.74, 6) is 0.493. The molecular formula is C11H16N4O. The summed E-state index contributed by atoms with van der Waals surface area (Å²) in [5.41, 5.74) is 8.59. The highest BCUT2D eigenvalue weighted by molar-refractivity contribution is 5.74. The Hall–Kier alpha value is -1.62. The molecule has 2 N–H and O–H groups in total. The van der Waals surface area contributed by atoms with Crippen LogP contribution in [0.2, 0.25) is 0 Å². The van der Waals surface area contributed by atoms with Crippen LogP contribution >= 0.6 is 0 Å². The zero-order valence-corrected chi connectivity index (χ0v) is 9.60. The molecule has 0 bridgehead atoms. The van der Waals surface area contributed by atoms with Crippen molar-refractivity contribution in [1.82, 2.24) is 14.5 Å². The molecule has 16 heavy (non-hydrogen) atoms. The number of anilines is 1. The van der Waals surface area contributed by atoms with Crippen LogP contribution in [-0.2, 0) is 11.3 Å². The largest absolute Gasteiger partial charge is 0.380 e. The lowest BCUT2D eigenvalue weighted by Crippen LogP contribution is -2.09. The molecule has 2 aromatic rings. The molecule has 0 aliphatic rings. The fraction of sp³-hybridized carbons (Fsp3) is 0.455. The third-order valence-electron chi connectivity index (χ3n) is 2.41. The van der Waals surface area contributed by atoms with Gasteiger partial charge in [0.25, 0.3) is 0 Å². The van der Waals surface area contributed by atoms with Gasteiger partial charge in [-0.2, -0.15) is 0 Å². The second-order valence-electron chi connectivity index (χ2n) is 3.67. The molecule has 0 aromatic carbocycles. The van der Waals surface area contributed by atoms with Gasteiger partial charge in [0.2, 0.25) is 5.95 Å². The van der Waals surface area contributed by atoms with Crippen molar-refractivity contribution in [3.05, 3.63) is 17.8 Å². The summed E-state index contributed by atoms with van der Waals surface area (Å²) in [5, 5.41) is 0. The molecule has 0 amide bonds. The van der Waals surface area contributed by atoms with E-state index in [9.17, 15) is 0 Å². The van der Waals surface area contributed by atoms with E-state index in [1.165, 1.54) is 0 Å². The average Bonchev–Trinajstić information content (AvgIpc) is 2.55. The van der Waals surface area contributed by atoms with Crippen molar-refractivity contribution in [1.29, 1.82) is 0 Å². The third kappa shape index (κ3) is 1.99. The Labute approximate surface area is 94.2 Å².